The number of aryl methyl sites for hydroxylation is 1. The molecule has 0 spiro atoms. The van der Waals surface area contributed by atoms with Crippen molar-refractivity contribution >= 4 is 12.1 Å². The number of amides is 2. The maximum absolute atomic E-state index is 11.9. The highest BCUT2D eigenvalue weighted by molar-refractivity contribution is 5.76. The minimum atomic E-state index is -0.103. The van der Waals surface area contributed by atoms with E-state index in [2.05, 4.69) is 30.5 Å². The molecule has 2 amide bonds. The highest BCUT2D eigenvalue weighted by Gasteiger charge is 2.22. The number of carbonyl (C=O) groups excluding carboxylic acids is 1. The zero-order valence-electron chi connectivity index (χ0n) is 12.4. The maximum Gasteiger partial charge on any atom is 0.318 e. The fourth-order valence-electron chi connectivity index (χ4n) is 2.72. The van der Waals surface area contributed by atoms with Gasteiger partial charge in [0.05, 0.1) is 0 Å². The van der Waals surface area contributed by atoms with Gasteiger partial charge in [-0.2, -0.15) is 0 Å². The molecule has 1 aromatic carbocycles. The van der Waals surface area contributed by atoms with Gasteiger partial charge in [0.15, 0.2) is 0 Å². The summed E-state index contributed by atoms with van der Waals surface area (Å²) in [7, 11) is 0. The first-order valence-corrected chi connectivity index (χ1v) is 7.46. The molecular formula is C17H24N2O. The number of benzene rings is 1. The second-order valence-corrected chi connectivity index (χ2v) is 5.68. The molecule has 1 saturated carbocycles. The van der Waals surface area contributed by atoms with Crippen LogP contribution in [0.15, 0.2) is 30.5 Å². The zero-order chi connectivity index (χ0) is 14.4. The smallest absolute Gasteiger partial charge is 0.318 e. The van der Waals surface area contributed by atoms with Gasteiger partial charge >= 0.3 is 6.03 Å². The second kappa shape index (κ2) is 7.13. The third kappa shape index (κ3) is 4.12. The third-order valence-corrected chi connectivity index (χ3v) is 4.09. The topological polar surface area (TPSA) is 41.1 Å². The largest absolute Gasteiger partial charge is 0.335 e. The molecule has 2 atom stereocenters. The van der Waals surface area contributed by atoms with Crippen LogP contribution < -0.4 is 10.6 Å². The summed E-state index contributed by atoms with van der Waals surface area (Å²) in [6, 6.07) is 8.32. The Morgan fingerprint density at radius 2 is 2.00 bits per heavy atom. The third-order valence-electron chi connectivity index (χ3n) is 4.09. The summed E-state index contributed by atoms with van der Waals surface area (Å²) >= 11 is 0. The fraction of sp³-hybridized carbons (Fsp3) is 0.471. The lowest BCUT2D eigenvalue weighted by molar-refractivity contribution is 0.225. The van der Waals surface area contributed by atoms with Gasteiger partial charge in [-0.1, -0.05) is 44.0 Å². The number of rotatable bonds is 3. The summed E-state index contributed by atoms with van der Waals surface area (Å²) in [5.74, 6) is 0.579. The van der Waals surface area contributed by atoms with Crippen LogP contribution in [0.25, 0.3) is 6.08 Å². The molecule has 20 heavy (non-hydrogen) atoms. The first kappa shape index (κ1) is 14.6. The van der Waals surface area contributed by atoms with Crippen molar-refractivity contribution in [2.45, 2.75) is 45.6 Å². The molecule has 2 rings (SSSR count). The van der Waals surface area contributed by atoms with Gasteiger partial charge in [-0.05, 0) is 42.9 Å². The molecular weight excluding hydrogens is 248 g/mol. The van der Waals surface area contributed by atoms with Crippen molar-refractivity contribution in [1.29, 1.82) is 0 Å². The van der Waals surface area contributed by atoms with Crippen molar-refractivity contribution in [3.8, 4) is 0 Å². The van der Waals surface area contributed by atoms with Gasteiger partial charge in [-0.3, -0.25) is 0 Å². The Hall–Kier alpha value is -1.77. The molecule has 3 heteroatoms. The summed E-state index contributed by atoms with van der Waals surface area (Å²) in [5, 5.41) is 5.86. The average molecular weight is 272 g/mol. The first-order chi connectivity index (χ1) is 9.66. The Labute approximate surface area is 121 Å². The van der Waals surface area contributed by atoms with Gasteiger partial charge in [0.1, 0.15) is 0 Å². The van der Waals surface area contributed by atoms with Gasteiger partial charge < -0.3 is 10.6 Å². The number of hydrogen-bond acceptors (Lipinski definition) is 1. The lowest BCUT2D eigenvalue weighted by Crippen LogP contribution is -2.44. The van der Waals surface area contributed by atoms with Crippen LogP contribution in [0.4, 0.5) is 4.79 Å². The summed E-state index contributed by atoms with van der Waals surface area (Å²) < 4.78 is 0. The Kier molecular flexibility index (Phi) is 5.22. The minimum Gasteiger partial charge on any atom is -0.335 e. The van der Waals surface area contributed by atoms with Crippen molar-refractivity contribution in [3.63, 3.8) is 0 Å². The average Bonchev–Trinajstić information content (AvgIpc) is 2.43. The molecule has 2 unspecified atom stereocenters. The van der Waals surface area contributed by atoms with Crippen molar-refractivity contribution < 1.29 is 4.79 Å². The van der Waals surface area contributed by atoms with Crippen LogP contribution in [-0.2, 0) is 0 Å². The number of nitrogens with one attached hydrogen (secondary N) is 2. The van der Waals surface area contributed by atoms with E-state index in [1.165, 1.54) is 24.8 Å². The Morgan fingerprint density at radius 3 is 2.75 bits per heavy atom. The van der Waals surface area contributed by atoms with Gasteiger partial charge in [0.25, 0.3) is 0 Å². The van der Waals surface area contributed by atoms with Crippen LogP contribution in [0.2, 0.25) is 0 Å². The number of hydrogen-bond donors (Lipinski definition) is 2. The van der Waals surface area contributed by atoms with Crippen molar-refractivity contribution in [3.05, 3.63) is 41.6 Å². The Balaban J connectivity index is 1.81. The predicted octanol–water partition coefficient (Wildman–Crippen LogP) is 3.84. The standard InChI is InChI=1S/C17H24N2O/c1-13-7-3-5-9-15(13)11-12-18-17(20)19-16-10-6-4-8-14(16)2/h3,5,7,9,11-12,14,16H,4,6,8,10H2,1-2H3,(H2,18,19,20)/b12-11+. The molecule has 3 nitrogen and oxygen atoms in total. The lowest BCUT2D eigenvalue weighted by Gasteiger charge is -2.29. The molecule has 1 fully saturated rings. The molecule has 1 aromatic rings. The molecule has 0 bridgehead atoms. The molecule has 0 aromatic heterocycles. The summed E-state index contributed by atoms with van der Waals surface area (Å²) in [6.45, 7) is 4.27. The summed E-state index contributed by atoms with van der Waals surface area (Å²) in [5.41, 5.74) is 2.32. The van der Waals surface area contributed by atoms with Gasteiger partial charge in [-0.15, -0.1) is 0 Å². The van der Waals surface area contributed by atoms with Gasteiger partial charge in [0.2, 0.25) is 0 Å². The van der Waals surface area contributed by atoms with Crippen molar-refractivity contribution in [2.24, 2.45) is 5.92 Å². The fourth-order valence-corrected chi connectivity index (χ4v) is 2.72. The van der Waals surface area contributed by atoms with E-state index in [1.807, 2.05) is 24.3 Å². The Morgan fingerprint density at radius 1 is 1.25 bits per heavy atom. The monoisotopic (exact) mass is 272 g/mol. The van der Waals surface area contributed by atoms with E-state index in [-0.39, 0.29) is 6.03 Å². The molecule has 1 aliphatic carbocycles. The van der Waals surface area contributed by atoms with E-state index in [4.69, 9.17) is 0 Å². The number of urea groups is 1. The maximum atomic E-state index is 11.9. The van der Waals surface area contributed by atoms with Gasteiger partial charge in [0, 0.05) is 12.2 Å². The summed E-state index contributed by atoms with van der Waals surface area (Å²) in [6.07, 6.45) is 8.45. The highest BCUT2D eigenvalue weighted by atomic mass is 16.2. The van der Waals surface area contributed by atoms with Crippen LogP contribution >= 0.6 is 0 Å². The van der Waals surface area contributed by atoms with Crippen LogP contribution in [0.5, 0.6) is 0 Å². The molecule has 2 N–H and O–H groups in total. The normalized spacial score (nSPS) is 22.7. The zero-order valence-corrected chi connectivity index (χ0v) is 12.4. The molecule has 108 valence electrons. The SMILES string of the molecule is Cc1ccccc1/C=C/NC(=O)NC1CCCCC1C. The molecule has 0 saturated heterocycles. The Bertz CT molecular complexity index is 482. The van der Waals surface area contributed by atoms with Crippen LogP contribution in [0.3, 0.4) is 0 Å². The lowest BCUT2D eigenvalue weighted by atomic mass is 9.86. The van der Waals surface area contributed by atoms with E-state index in [9.17, 15) is 4.79 Å². The van der Waals surface area contributed by atoms with Crippen LogP contribution in [0.1, 0.15) is 43.7 Å². The van der Waals surface area contributed by atoms with E-state index in [0.29, 0.717) is 12.0 Å². The number of carbonyl (C=O) groups is 1. The predicted molar refractivity (Wildman–Crippen MR) is 83.3 cm³/mol. The van der Waals surface area contributed by atoms with Gasteiger partial charge in [-0.25, -0.2) is 4.79 Å². The highest BCUT2D eigenvalue weighted by Crippen LogP contribution is 2.23. The molecule has 1 aliphatic rings. The minimum absolute atomic E-state index is 0.103. The van der Waals surface area contributed by atoms with E-state index >= 15 is 0 Å². The van der Waals surface area contributed by atoms with Crippen LogP contribution in [0, 0.1) is 12.8 Å². The van der Waals surface area contributed by atoms with E-state index < -0.39 is 0 Å². The van der Waals surface area contributed by atoms with E-state index in [1.54, 1.807) is 6.20 Å². The van der Waals surface area contributed by atoms with Crippen molar-refractivity contribution in [1.82, 2.24) is 10.6 Å². The quantitative estimate of drug-likeness (QED) is 0.862. The van der Waals surface area contributed by atoms with E-state index in [0.717, 1.165) is 12.0 Å². The van der Waals surface area contributed by atoms with Crippen molar-refractivity contribution in [2.75, 3.05) is 0 Å². The molecule has 0 radical (unpaired) electrons. The second-order valence-electron chi connectivity index (χ2n) is 5.68. The molecule has 0 aliphatic heterocycles. The van der Waals surface area contributed by atoms with Crippen LogP contribution in [-0.4, -0.2) is 12.1 Å². The molecule has 0 heterocycles. The summed E-state index contributed by atoms with van der Waals surface area (Å²) in [4.78, 5) is 11.9. The first-order valence-electron chi connectivity index (χ1n) is 7.46.